The van der Waals surface area contributed by atoms with Crippen molar-refractivity contribution in [2.75, 3.05) is 40.5 Å². The molecular weight excluding hydrogens is 258 g/mol. The van der Waals surface area contributed by atoms with Gasteiger partial charge in [0.15, 0.2) is 5.78 Å². The molecule has 5 nitrogen and oxygen atoms in total. The van der Waals surface area contributed by atoms with Crippen molar-refractivity contribution in [2.24, 2.45) is 0 Å². The predicted molar refractivity (Wildman–Crippen MR) is 75.7 cm³/mol. The number of ether oxygens (including phenoxy) is 3. The number of methoxy groups -OCH3 is 2. The third-order valence-electron chi connectivity index (χ3n) is 3.53. The second kappa shape index (κ2) is 6.72. The quantitative estimate of drug-likeness (QED) is 0.766. The first kappa shape index (κ1) is 14.8. The summed E-state index contributed by atoms with van der Waals surface area (Å²) < 4.78 is 16.0. The first-order chi connectivity index (χ1) is 9.67. The summed E-state index contributed by atoms with van der Waals surface area (Å²) >= 11 is 0. The molecule has 0 radical (unpaired) electrons. The van der Waals surface area contributed by atoms with Gasteiger partial charge < -0.3 is 14.2 Å². The average Bonchev–Trinajstić information content (AvgIpc) is 2.53. The van der Waals surface area contributed by atoms with Gasteiger partial charge in [0, 0.05) is 24.7 Å². The third kappa shape index (κ3) is 3.29. The average molecular weight is 279 g/mol. The minimum Gasteiger partial charge on any atom is -0.497 e. The van der Waals surface area contributed by atoms with E-state index in [2.05, 4.69) is 11.8 Å². The van der Waals surface area contributed by atoms with Crippen molar-refractivity contribution in [3.05, 3.63) is 23.8 Å². The fourth-order valence-electron chi connectivity index (χ4n) is 2.28. The van der Waals surface area contributed by atoms with Crippen LogP contribution >= 0.6 is 0 Å². The number of rotatable bonds is 5. The van der Waals surface area contributed by atoms with E-state index >= 15 is 0 Å². The summed E-state index contributed by atoms with van der Waals surface area (Å²) in [4.78, 5) is 14.7. The lowest BCUT2D eigenvalue weighted by Gasteiger charge is -2.31. The van der Waals surface area contributed by atoms with Crippen LogP contribution in [0.5, 0.6) is 11.5 Å². The molecule has 20 heavy (non-hydrogen) atoms. The van der Waals surface area contributed by atoms with Crippen LogP contribution in [0.1, 0.15) is 17.3 Å². The molecule has 0 spiro atoms. The van der Waals surface area contributed by atoms with Crippen LogP contribution in [0.2, 0.25) is 0 Å². The van der Waals surface area contributed by atoms with Gasteiger partial charge in [-0.05, 0) is 18.7 Å². The summed E-state index contributed by atoms with van der Waals surface area (Å²) in [5.41, 5.74) is 0.559. The van der Waals surface area contributed by atoms with Crippen LogP contribution in [0.25, 0.3) is 0 Å². The Balaban J connectivity index is 2.19. The van der Waals surface area contributed by atoms with Crippen molar-refractivity contribution in [2.45, 2.75) is 13.0 Å². The molecule has 1 saturated heterocycles. The van der Waals surface area contributed by atoms with Gasteiger partial charge in [-0.3, -0.25) is 9.69 Å². The number of Topliss-reactive ketones (excluding diaryl/α,β-unsaturated/α-hetero) is 1. The second-order valence-corrected chi connectivity index (χ2v) is 4.72. The second-order valence-electron chi connectivity index (χ2n) is 4.72. The molecule has 1 atom stereocenters. The van der Waals surface area contributed by atoms with Crippen LogP contribution < -0.4 is 9.47 Å². The molecule has 1 unspecified atom stereocenters. The van der Waals surface area contributed by atoms with Crippen LogP contribution in [0.3, 0.4) is 0 Å². The smallest absolute Gasteiger partial charge is 0.193 e. The molecule has 1 fully saturated rings. The molecule has 1 aliphatic heterocycles. The molecule has 1 aromatic carbocycles. The molecule has 0 amide bonds. The SMILES string of the molecule is CCN1CCOC(C(=O)c2cc(OC)cc(OC)c2)C1. The fraction of sp³-hybridized carbons (Fsp3) is 0.533. The zero-order valence-electron chi connectivity index (χ0n) is 12.2. The van der Waals surface area contributed by atoms with Gasteiger partial charge in [0.25, 0.3) is 0 Å². The summed E-state index contributed by atoms with van der Waals surface area (Å²) in [5, 5.41) is 0. The van der Waals surface area contributed by atoms with Crippen LogP contribution in [-0.2, 0) is 4.74 Å². The van der Waals surface area contributed by atoms with E-state index in [0.29, 0.717) is 30.2 Å². The Bertz CT molecular complexity index is 453. The largest absolute Gasteiger partial charge is 0.497 e. The topological polar surface area (TPSA) is 48.0 Å². The lowest BCUT2D eigenvalue weighted by atomic mass is 10.0. The first-order valence-corrected chi connectivity index (χ1v) is 6.79. The third-order valence-corrected chi connectivity index (χ3v) is 3.53. The highest BCUT2D eigenvalue weighted by Crippen LogP contribution is 2.24. The molecule has 1 heterocycles. The van der Waals surface area contributed by atoms with Crippen molar-refractivity contribution in [1.82, 2.24) is 4.90 Å². The summed E-state index contributed by atoms with van der Waals surface area (Å²) in [6, 6.07) is 5.19. The maximum absolute atomic E-state index is 12.5. The normalized spacial score (nSPS) is 19.6. The molecule has 0 N–H and O–H groups in total. The Morgan fingerprint density at radius 1 is 1.30 bits per heavy atom. The van der Waals surface area contributed by atoms with Gasteiger partial charge in [0.2, 0.25) is 0 Å². The van der Waals surface area contributed by atoms with Gasteiger partial charge in [-0.25, -0.2) is 0 Å². The van der Waals surface area contributed by atoms with Crippen molar-refractivity contribution in [3.8, 4) is 11.5 Å². The van der Waals surface area contributed by atoms with Crippen molar-refractivity contribution in [1.29, 1.82) is 0 Å². The molecule has 0 aliphatic carbocycles. The zero-order chi connectivity index (χ0) is 14.5. The van der Waals surface area contributed by atoms with Crippen molar-refractivity contribution >= 4 is 5.78 Å². The van der Waals surface area contributed by atoms with Gasteiger partial charge >= 0.3 is 0 Å². The maximum Gasteiger partial charge on any atom is 0.193 e. The summed E-state index contributed by atoms with van der Waals surface area (Å²) in [7, 11) is 3.14. The van der Waals surface area contributed by atoms with E-state index in [1.54, 1.807) is 32.4 Å². The number of carbonyl (C=O) groups excluding carboxylic acids is 1. The van der Waals surface area contributed by atoms with E-state index in [4.69, 9.17) is 14.2 Å². The lowest BCUT2D eigenvalue weighted by molar-refractivity contribution is -0.0148. The predicted octanol–water partition coefficient (Wildman–Crippen LogP) is 1.61. The van der Waals surface area contributed by atoms with Crippen LogP contribution in [0, 0.1) is 0 Å². The van der Waals surface area contributed by atoms with Crippen LogP contribution in [0.4, 0.5) is 0 Å². The van der Waals surface area contributed by atoms with Gasteiger partial charge in [0.05, 0.1) is 20.8 Å². The van der Waals surface area contributed by atoms with E-state index in [-0.39, 0.29) is 5.78 Å². The molecule has 5 heteroatoms. The fourth-order valence-corrected chi connectivity index (χ4v) is 2.28. The number of nitrogens with zero attached hydrogens (tertiary/aromatic N) is 1. The minimum absolute atomic E-state index is 0.0275. The van der Waals surface area contributed by atoms with E-state index < -0.39 is 6.10 Å². The standard InChI is InChI=1S/C15H21NO4/c1-4-16-5-6-20-14(10-16)15(17)11-7-12(18-2)9-13(8-11)19-3/h7-9,14H,4-6,10H2,1-3H3. The number of benzene rings is 1. The number of hydrogen-bond acceptors (Lipinski definition) is 5. The van der Waals surface area contributed by atoms with Crippen molar-refractivity contribution in [3.63, 3.8) is 0 Å². The highest BCUT2D eigenvalue weighted by molar-refractivity contribution is 6.00. The summed E-state index contributed by atoms with van der Waals surface area (Å²) in [5.74, 6) is 1.19. The molecule has 2 rings (SSSR count). The zero-order valence-corrected chi connectivity index (χ0v) is 12.2. The van der Waals surface area contributed by atoms with Gasteiger partial charge in [0.1, 0.15) is 17.6 Å². The lowest BCUT2D eigenvalue weighted by Crippen LogP contribution is -2.45. The van der Waals surface area contributed by atoms with Crippen LogP contribution in [0.15, 0.2) is 18.2 Å². The molecule has 0 bridgehead atoms. The molecule has 1 aliphatic rings. The number of morpholine rings is 1. The van der Waals surface area contributed by atoms with E-state index in [1.807, 2.05) is 0 Å². The van der Waals surface area contributed by atoms with Gasteiger partial charge in [-0.15, -0.1) is 0 Å². The summed E-state index contributed by atoms with van der Waals surface area (Å²) in [6.45, 7) is 5.11. The molecule has 1 aromatic rings. The Morgan fingerprint density at radius 3 is 2.50 bits per heavy atom. The molecule has 0 aromatic heterocycles. The summed E-state index contributed by atoms with van der Waals surface area (Å²) in [6.07, 6.45) is -0.416. The Labute approximate surface area is 119 Å². The highest BCUT2D eigenvalue weighted by atomic mass is 16.5. The number of carbonyl (C=O) groups is 1. The number of ketones is 1. The van der Waals surface area contributed by atoms with Gasteiger partial charge in [-0.1, -0.05) is 6.92 Å². The van der Waals surface area contributed by atoms with E-state index in [1.165, 1.54) is 0 Å². The molecular formula is C15H21NO4. The van der Waals surface area contributed by atoms with E-state index in [0.717, 1.165) is 13.1 Å². The highest BCUT2D eigenvalue weighted by Gasteiger charge is 2.27. The van der Waals surface area contributed by atoms with Gasteiger partial charge in [-0.2, -0.15) is 0 Å². The van der Waals surface area contributed by atoms with Crippen LogP contribution in [-0.4, -0.2) is 57.2 Å². The monoisotopic (exact) mass is 279 g/mol. The van der Waals surface area contributed by atoms with Crippen molar-refractivity contribution < 1.29 is 19.0 Å². The molecule has 0 saturated carbocycles. The van der Waals surface area contributed by atoms with E-state index in [9.17, 15) is 4.79 Å². The first-order valence-electron chi connectivity index (χ1n) is 6.79. The Hall–Kier alpha value is -1.59. The maximum atomic E-state index is 12.5. The number of hydrogen-bond donors (Lipinski definition) is 0. The Morgan fingerprint density at radius 2 is 1.95 bits per heavy atom. The Kier molecular flexibility index (Phi) is 4.98. The molecule has 110 valence electrons. The number of likely N-dealkylation sites (N-methyl/N-ethyl adjacent to an activating group) is 1. The minimum atomic E-state index is -0.416.